The largest absolute Gasteiger partial charge is 0.472 e. The zero-order valence-electron chi connectivity index (χ0n) is 30.1. The number of carbonyl (C=O) groups is 2. The molecule has 1 amide bonds. The summed E-state index contributed by atoms with van der Waals surface area (Å²) < 4.78 is 41.7. The summed E-state index contributed by atoms with van der Waals surface area (Å²) >= 11 is 6.41. The van der Waals surface area contributed by atoms with Crippen molar-refractivity contribution in [2.24, 2.45) is 5.92 Å². The minimum absolute atomic E-state index is 0.0348. The van der Waals surface area contributed by atoms with Crippen LogP contribution in [0.2, 0.25) is 5.02 Å². The van der Waals surface area contributed by atoms with Gasteiger partial charge in [0.2, 0.25) is 11.8 Å². The van der Waals surface area contributed by atoms with Crippen LogP contribution < -0.4 is 9.64 Å². The average Bonchev–Trinajstić information content (AvgIpc) is 3.70. The van der Waals surface area contributed by atoms with Crippen LogP contribution >= 0.6 is 11.6 Å². The first-order valence-corrected chi connectivity index (χ1v) is 18.0. The molecule has 1 aromatic carbocycles. The second-order valence-electron chi connectivity index (χ2n) is 14.4. The maximum Gasteiger partial charge on any atom is 0.329 e. The first kappa shape index (κ1) is 37.2. The Labute approximate surface area is 307 Å². The zero-order valence-corrected chi connectivity index (χ0v) is 30.8. The lowest BCUT2D eigenvalue weighted by atomic mass is 9.78. The molecule has 0 radical (unpaired) electrons. The van der Waals surface area contributed by atoms with Crippen molar-refractivity contribution in [1.82, 2.24) is 19.9 Å². The molecule has 3 aromatic heterocycles. The van der Waals surface area contributed by atoms with Gasteiger partial charge in [0.05, 0.1) is 23.7 Å². The van der Waals surface area contributed by atoms with Gasteiger partial charge in [0, 0.05) is 49.9 Å². The highest BCUT2D eigenvalue weighted by molar-refractivity contribution is 6.30. The summed E-state index contributed by atoms with van der Waals surface area (Å²) in [5, 5.41) is 1.05. The topological polar surface area (TPSA) is 120 Å². The molecule has 0 bridgehead atoms. The fourth-order valence-corrected chi connectivity index (χ4v) is 7.08. The second-order valence-corrected chi connectivity index (χ2v) is 14.8. The van der Waals surface area contributed by atoms with E-state index >= 15 is 4.39 Å². The minimum Gasteiger partial charge on any atom is -0.472 e. The molecule has 2 aliphatic heterocycles. The van der Waals surface area contributed by atoms with Crippen molar-refractivity contribution in [1.29, 1.82) is 0 Å². The van der Waals surface area contributed by atoms with Gasteiger partial charge in [-0.25, -0.2) is 24.1 Å². The molecule has 4 aromatic rings. The molecule has 2 aliphatic rings. The maximum absolute atomic E-state index is 17.2. The number of nitrogens with zero attached hydrogens (tertiary/aromatic N) is 5. The molecule has 0 aliphatic carbocycles. The Hall–Kier alpha value is -4.55. The normalized spacial score (nSPS) is 22.2. The third-order valence-corrected chi connectivity index (χ3v) is 9.62. The molecule has 6 rings (SSSR count). The Morgan fingerprint density at radius 3 is 2.69 bits per heavy atom. The summed E-state index contributed by atoms with van der Waals surface area (Å²) in [6.45, 7) is 15.6. The number of piperidine rings is 1. The molecule has 0 spiro atoms. The number of carbonyl (C=O) groups excluding carboxylic acids is 2. The van der Waals surface area contributed by atoms with Gasteiger partial charge in [-0.15, -0.1) is 13.2 Å². The van der Waals surface area contributed by atoms with E-state index in [-0.39, 0.29) is 61.5 Å². The Morgan fingerprint density at radius 2 is 1.96 bits per heavy atom. The van der Waals surface area contributed by atoms with Crippen LogP contribution in [0.1, 0.15) is 64.8 Å². The molecular weight excluding hydrogens is 689 g/mol. The molecule has 2 saturated heterocycles. The molecule has 52 heavy (non-hydrogen) atoms. The molecule has 4 atom stereocenters. The SMILES string of the molecule is C=CCCC(=O)N1CC[C@](F)(c2cc(Cl)cnc2O[C@H]2C[C@@H](C(=O)OC(C)(C)C)N(c3nc(COCC=C)nc4c3oc3ccccc34)C2)[C@@H](C)C1. The zero-order chi connectivity index (χ0) is 37.2. The number of allylic oxidation sites excluding steroid dienone is 1. The van der Waals surface area contributed by atoms with Crippen LogP contribution in [-0.2, 0) is 31.3 Å². The van der Waals surface area contributed by atoms with E-state index in [0.29, 0.717) is 47.8 Å². The van der Waals surface area contributed by atoms with Crippen molar-refractivity contribution >= 4 is 51.4 Å². The Bertz CT molecular complexity index is 1980. The van der Waals surface area contributed by atoms with E-state index in [4.69, 9.17) is 40.2 Å². The number of benzene rings is 1. The van der Waals surface area contributed by atoms with Crippen LogP contribution in [0.25, 0.3) is 22.1 Å². The van der Waals surface area contributed by atoms with Gasteiger partial charge >= 0.3 is 5.97 Å². The van der Waals surface area contributed by atoms with Crippen LogP contribution in [0.5, 0.6) is 5.88 Å². The van der Waals surface area contributed by atoms with Crippen LogP contribution in [0.15, 0.2) is 66.3 Å². The smallest absolute Gasteiger partial charge is 0.329 e. The van der Waals surface area contributed by atoms with Crippen molar-refractivity contribution in [3.05, 3.63) is 78.2 Å². The lowest BCUT2D eigenvalue weighted by Crippen LogP contribution is -2.49. The number of fused-ring (bicyclic) bond motifs is 3. The van der Waals surface area contributed by atoms with Crippen molar-refractivity contribution in [3.63, 3.8) is 0 Å². The number of aromatic nitrogens is 3. The number of amides is 1. The second kappa shape index (κ2) is 15.2. The number of para-hydroxylation sites is 1. The molecule has 276 valence electrons. The standard InChI is InChI=1S/C39H45ClFN5O6/c1-7-9-14-32(47)45-16-15-39(41,24(3)21-45)28-18-25(40)20-42-36(28)50-26-19-29(37(48)52-38(4,5)6)46(22-26)35-34-33(27-12-10-11-13-30(27)51-34)43-31(44-35)23-49-17-8-2/h7-8,10-13,18,20,24,26,29H,1-2,9,14-17,19,21-23H2,3-6H3/t24-,26-,29-,39+/m0/s1. The summed E-state index contributed by atoms with van der Waals surface area (Å²) in [6.07, 6.45) is 5.24. The van der Waals surface area contributed by atoms with Crippen LogP contribution in [-0.4, -0.2) is 75.7 Å². The number of alkyl halides is 1. The summed E-state index contributed by atoms with van der Waals surface area (Å²) in [4.78, 5) is 44.2. The molecular formula is C39H45ClFN5O6. The first-order valence-electron chi connectivity index (χ1n) is 17.6. The van der Waals surface area contributed by atoms with Gasteiger partial charge < -0.3 is 28.4 Å². The first-order chi connectivity index (χ1) is 24.8. The number of esters is 1. The Morgan fingerprint density at radius 1 is 1.17 bits per heavy atom. The van der Waals surface area contributed by atoms with Crippen molar-refractivity contribution < 1.29 is 32.6 Å². The van der Waals surface area contributed by atoms with E-state index in [0.717, 1.165) is 5.39 Å². The molecule has 0 N–H and O–H groups in total. The van der Waals surface area contributed by atoms with Gasteiger partial charge in [0.1, 0.15) is 41.1 Å². The molecule has 5 heterocycles. The molecule has 13 heteroatoms. The third kappa shape index (κ3) is 7.78. The summed E-state index contributed by atoms with van der Waals surface area (Å²) in [6, 6.07) is 8.24. The van der Waals surface area contributed by atoms with Gasteiger partial charge in [0.15, 0.2) is 17.2 Å². The number of pyridine rings is 1. The molecule has 0 saturated carbocycles. The third-order valence-electron chi connectivity index (χ3n) is 9.41. The van der Waals surface area contributed by atoms with Crippen LogP contribution in [0.3, 0.4) is 0 Å². The van der Waals surface area contributed by atoms with Gasteiger partial charge in [-0.2, -0.15) is 0 Å². The minimum atomic E-state index is -1.88. The summed E-state index contributed by atoms with van der Waals surface area (Å²) in [5.74, 6) is -0.224. The van der Waals surface area contributed by atoms with Crippen LogP contribution in [0, 0.1) is 5.92 Å². The van der Waals surface area contributed by atoms with E-state index < -0.39 is 35.3 Å². The average molecular weight is 734 g/mol. The molecule has 11 nitrogen and oxygen atoms in total. The van der Waals surface area contributed by atoms with Gasteiger partial charge in [0.25, 0.3) is 0 Å². The van der Waals surface area contributed by atoms with E-state index in [2.05, 4.69) is 18.1 Å². The Balaban J connectivity index is 1.35. The highest BCUT2D eigenvalue weighted by Gasteiger charge is 2.48. The fourth-order valence-electron chi connectivity index (χ4n) is 6.92. The molecule has 0 unspecified atom stereocenters. The highest BCUT2D eigenvalue weighted by atomic mass is 35.5. The lowest BCUT2D eigenvalue weighted by molar-refractivity contribution is -0.156. The predicted molar refractivity (Wildman–Crippen MR) is 197 cm³/mol. The van der Waals surface area contributed by atoms with Gasteiger partial charge in [-0.1, -0.05) is 42.8 Å². The van der Waals surface area contributed by atoms with Gasteiger partial charge in [-0.05, 0) is 45.4 Å². The van der Waals surface area contributed by atoms with E-state index in [9.17, 15) is 9.59 Å². The number of ether oxygens (including phenoxy) is 3. The quantitative estimate of drug-likeness (QED) is 0.0823. The number of halogens is 2. The van der Waals surface area contributed by atoms with E-state index in [1.54, 1.807) is 55.7 Å². The van der Waals surface area contributed by atoms with E-state index in [1.807, 2.05) is 24.3 Å². The molecule has 2 fully saturated rings. The maximum atomic E-state index is 17.2. The number of anilines is 1. The fraction of sp³-hybridized carbons (Fsp3) is 0.462. The van der Waals surface area contributed by atoms with Crippen LogP contribution in [0.4, 0.5) is 10.2 Å². The number of rotatable bonds is 12. The number of hydrogen-bond donors (Lipinski definition) is 0. The number of likely N-dealkylation sites (tertiary alicyclic amines) is 1. The summed E-state index contributed by atoms with van der Waals surface area (Å²) in [7, 11) is 0. The Kier molecular flexibility index (Phi) is 10.9. The number of hydrogen-bond acceptors (Lipinski definition) is 10. The van der Waals surface area contributed by atoms with E-state index in [1.165, 1.54) is 6.20 Å². The number of furan rings is 1. The lowest BCUT2D eigenvalue weighted by Gasteiger charge is -2.42. The highest BCUT2D eigenvalue weighted by Crippen LogP contribution is 2.46. The van der Waals surface area contributed by atoms with Crippen molar-refractivity contribution in [3.8, 4) is 5.88 Å². The van der Waals surface area contributed by atoms with Gasteiger partial charge in [-0.3, -0.25) is 4.79 Å². The predicted octanol–water partition coefficient (Wildman–Crippen LogP) is 7.49. The summed E-state index contributed by atoms with van der Waals surface area (Å²) in [5.41, 5.74) is -0.840. The van der Waals surface area contributed by atoms with Crippen molar-refractivity contribution in [2.75, 3.05) is 31.1 Å². The monoisotopic (exact) mass is 733 g/mol. The van der Waals surface area contributed by atoms with Crippen molar-refractivity contribution in [2.45, 2.75) is 83.4 Å².